The van der Waals surface area contributed by atoms with Crippen LogP contribution in [0.15, 0.2) is 18.2 Å². The van der Waals surface area contributed by atoms with E-state index in [2.05, 4.69) is 17.3 Å². The average molecular weight is 348 g/mol. The van der Waals surface area contributed by atoms with Crippen LogP contribution < -0.4 is 14.8 Å². The quantitative estimate of drug-likeness (QED) is 0.839. The van der Waals surface area contributed by atoms with Crippen molar-refractivity contribution in [3.8, 4) is 11.5 Å². The van der Waals surface area contributed by atoms with Crippen molar-refractivity contribution in [2.24, 2.45) is 7.05 Å². The fourth-order valence-corrected chi connectivity index (χ4v) is 2.65. The second-order valence-electron chi connectivity index (χ2n) is 5.63. The van der Waals surface area contributed by atoms with Crippen LogP contribution in [-0.2, 0) is 13.6 Å². The molecule has 2 aromatic rings. The summed E-state index contributed by atoms with van der Waals surface area (Å²) in [5, 5.41) is 8.28. The Morgan fingerprint density at radius 1 is 1.29 bits per heavy atom. The predicted octanol–water partition coefficient (Wildman–Crippen LogP) is 2.88. The van der Waals surface area contributed by atoms with Crippen LogP contribution in [-0.4, -0.2) is 41.1 Å². The van der Waals surface area contributed by atoms with Gasteiger partial charge in [0.15, 0.2) is 5.11 Å². The van der Waals surface area contributed by atoms with Gasteiger partial charge in [-0.15, -0.1) is 0 Å². The number of benzene rings is 1. The Morgan fingerprint density at radius 3 is 2.54 bits per heavy atom. The highest BCUT2D eigenvalue weighted by Crippen LogP contribution is 2.29. The first-order valence-electron chi connectivity index (χ1n) is 7.60. The highest BCUT2D eigenvalue weighted by atomic mass is 32.1. The largest absolute Gasteiger partial charge is 0.497 e. The van der Waals surface area contributed by atoms with Crippen molar-refractivity contribution in [1.82, 2.24) is 14.7 Å². The molecule has 0 saturated heterocycles. The van der Waals surface area contributed by atoms with Gasteiger partial charge in [-0.1, -0.05) is 0 Å². The molecule has 0 atom stereocenters. The first-order chi connectivity index (χ1) is 11.4. The van der Waals surface area contributed by atoms with E-state index in [0.29, 0.717) is 17.4 Å². The molecule has 0 radical (unpaired) electrons. The lowest BCUT2D eigenvalue weighted by atomic mass is 10.2. The van der Waals surface area contributed by atoms with E-state index >= 15 is 0 Å². The van der Waals surface area contributed by atoms with Gasteiger partial charge >= 0.3 is 0 Å². The highest BCUT2D eigenvalue weighted by molar-refractivity contribution is 7.80. The van der Waals surface area contributed by atoms with E-state index < -0.39 is 0 Å². The molecule has 0 aliphatic heterocycles. The van der Waals surface area contributed by atoms with Gasteiger partial charge < -0.3 is 19.7 Å². The number of nitrogens with one attached hydrogen (secondary N) is 1. The summed E-state index contributed by atoms with van der Waals surface area (Å²) in [5.41, 5.74) is 4.11. The van der Waals surface area contributed by atoms with Crippen LogP contribution >= 0.6 is 12.2 Å². The molecule has 0 unspecified atom stereocenters. The lowest BCUT2D eigenvalue weighted by Gasteiger charge is -2.22. The number of nitrogens with zero attached hydrogens (tertiary/aromatic N) is 3. The topological polar surface area (TPSA) is 51.6 Å². The maximum Gasteiger partial charge on any atom is 0.173 e. The molecule has 0 bridgehead atoms. The van der Waals surface area contributed by atoms with E-state index in [0.717, 1.165) is 22.8 Å². The third-order valence-electron chi connectivity index (χ3n) is 4.05. The number of thiocarbonyl (C=S) groups is 1. The molecule has 1 heterocycles. The zero-order chi connectivity index (χ0) is 17.9. The van der Waals surface area contributed by atoms with Crippen LogP contribution in [0.4, 0.5) is 5.69 Å². The van der Waals surface area contributed by atoms with E-state index in [1.54, 1.807) is 14.2 Å². The van der Waals surface area contributed by atoms with Crippen LogP contribution in [0, 0.1) is 13.8 Å². The molecule has 7 heteroatoms. The monoisotopic (exact) mass is 348 g/mol. The SMILES string of the molecule is COc1ccc(OC)c(NC(=S)N(C)Cc2c(C)nn(C)c2C)c1. The van der Waals surface area contributed by atoms with Crippen LogP contribution in [0.2, 0.25) is 0 Å². The Bertz CT molecular complexity index is 742. The van der Waals surface area contributed by atoms with Crippen LogP contribution in [0.3, 0.4) is 0 Å². The fraction of sp³-hybridized carbons (Fsp3) is 0.412. The Labute approximate surface area is 148 Å². The van der Waals surface area contributed by atoms with Crippen LogP contribution in [0.5, 0.6) is 11.5 Å². The summed E-state index contributed by atoms with van der Waals surface area (Å²) < 4.78 is 12.5. The number of anilines is 1. The lowest BCUT2D eigenvalue weighted by Crippen LogP contribution is -2.31. The van der Waals surface area contributed by atoms with Crippen molar-refractivity contribution in [3.05, 3.63) is 35.2 Å². The van der Waals surface area contributed by atoms with Crippen molar-refractivity contribution < 1.29 is 9.47 Å². The summed E-state index contributed by atoms with van der Waals surface area (Å²) in [7, 11) is 7.16. The minimum Gasteiger partial charge on any atom is -0.497 e. The Kier molecular flexibility index (Phi) is 5.66. The van der Waals surface area contributed by atoms with Gasteiger partial charge in [0.2, 0.25) is 0 Å². The van der Waals surface area contributed by atoms with Gasteiger partial charge in [-0.3, -0.25) is 4.68 Å². The Balaban J connectivity index is 2.14. The van der Waals surface area contributed by atoms with Gasteiger partial charge in [0.25, 0.3) is 0 Å². The first kappa shape index (κ1) is 18.1. The molecule has 1 aromatic heterocycles. The molecule has 1 N–H and O–H groups in total. The molecule has 130 valence electrons. The molecular formula is C17H24N4O2S. The molecule has 0 aliphatic rings. The summed E-state index contributed by atoms with van der Waals surface area (Å²) >= 11 is 5.53. The van der Waals surface area contributed by atoms with Gasteiger partial charge in [-0.25, -0.2) is 0 Å². The summed E-state index contributed by atoms with van der Waals surface area (Å²) in [5.74, 6) is 1.45. The van der Waals surface area contributed by atoms with Crippen LogP contribution in [0.1, 0.15) is 17.0 Å². The first-order valence-corrected chi connectivity index (χ1v) is 8.01. The van der Waals surface area contributed by atoms with Gasteiger partial charge in [0.05, 0.1) is 25.6 Å². The van der Waals surface area contributed by atoms with Crippen molar-refractivity contribution in [2.75, 3.05) is 26.6 Å². The molecule has 6 nitrogen and oxygen atoms in total. The molecule has 1 aromatic carbocycles. The Hall–Kier alpha value is -2.28. The van der Waals surface area contributed by atoms with Crippen molar-refractivity contribution in [3.63, 3.8) is 0 Å². The summed E-state index contributed by atoms with van der Waals surface area (Å²) in [6, 6.07) is 5.55. The number of rotatable bonds is 5. The van der Waals surface area contributed by atoms with Gasteiger partial charge in [0.1, 0.15) is 11.5 Å². The number of hydrogen-bond donors (Lipinski definition) is 1. The van der Waals surface area contributed by atoms with Crippen molar-refractivity contribution in [2.45, 2.75) is 20.4 Å². The number of aryl methyl sites for hydroxylation is 2. The minimum absolute atomic E-state index is 0.601. The third kappa shape index (κ3) is 3.79. The minimum atomic E-state index is 0.601. The standard InChI is InChI=1S/C17H24N4O2S/c1-11-14(12(2)21(4)19-11)10-20(3)17(24)18-15-9-13(22-5)7-8-16(15)23-6/h7-9H,10H2,1-6H3,(H,18,24). The molecule has 0 aliphatic carbocycles. The number of hydrogen-bond acceptors (Lipinski definition) is 4. The average Bonchev–Trinajstić information content (AvgIpc) is 2.80. The summed E-state index contributed by atoms with van der Waals surface area (Å²) in [4.78, 5) is 1.98. The maximum atomic E-state index is 5.53. The van der Waals surface area contributed by atoms with Gasteiger partial charge in [-0.05, 0) is 38.2 Å². The predicted molar refractivity (Wildman–Crippen MR) is 99.9 cm³/mol. The highest BCUT2D eigenvalue weighted by Gasteiger charge is 2.15. The molecule has 0 spiro atoms. The third-order valence-corrected chi connectivity index (χ3v) is 4.46. The van der Waals surface area contributed by atoms with E-state index in [4.69, 9.17) is 21.7 Å². The second-order valence-corrected chi connectivity index (χ2v) is 6.01. The zero-order valence-corrected chi connectivity index (χ0v) is 15.8. The zero-order valence-electron chi connectivity index (χ0n) is 15.0. The molecule has 0 amide bonds. The van der Waals surface area contributed by atoms with E-state index in [-0.39, 0.29) is 0 Å². The van der Waals surface area contributed by atoms with Crippen molar-refractivity contribution in [1.29, 1.82) is 0 Å². The normalized spacial score (nSPS) is 10.4. The maximum absolute atomic E-state index is 5.53. The van der Waals surface area contributed by atoms with Gasteiger partial charge in [0, 0.05) is 38.0 Å². The molecule has 2 rings (SSSR count). The number of ether oxygens (including phenoxy) is 2. The molecule has 24 heavy (non-hydrogen) atoms. The fourth-order valence-electron chi connectivity index (χ4n) is 2.48. The van der Waals surface area contributed by atoms with E-state index in [1.807, 2.05) is 48.8 Å². The molecular weight excluding hydrogens is 324 g/mol. The summed E-state index contributed by atoms with van der Waals surface area (Å²) in [6.07, 6.45) is 0. The van der Waals surface area contributed by atoms with Gasteiger partial charge in [-0.2, -0.15) is 5.10 Å². The van der Waals surface area contributed by atoms with E-state index in [9.17, 15) is 0 Å². The second kappa shape index (κ2) is 7.53. The molecule has 0 fully saturated rings. The smallest absolute Gasteiger partial charge is 0.173 e. The van der Waals surface area contributed by atoms with E-state index in [1.165, 1.54) is 5.56 Å². The van der Waals surface area contributed by atoms with Crippen molar-refractivity contribution >= 4 is 23.0 Å². The summed E-state index contributed by atoms with van der Waals surface area (Å²) in [6.45, 7) is 4.76. The molecule has 0 saturated carbocycles. The van der Waals surface area contributed by atoms with Crippen LogP contribution in [0.25, 0.3) is 0 Å². The number of aromatic nitrogens is 2. The lowest BCUT2D eigenvalue weighted by molar-refractivity contribution is 0.404. The Morgan fingerprint density at radius 2 is 2.00 bits per heavy atom. The number of methoxy groups -OCH3 is 2.